The van der Waals surface area contributed by atoms with E-state index in [0.717, 1.165) is 22.0 Å². The number of pyridine rings is 4. The van der Waals surface area contributed by atoms with Crippen LogP contribution in [-0.4, -0.2) is 30.8 Å². The highest BCUT2D eigenvalue weighted by atomic mass is 32.1. The largest absolute Gasteiger partial charge is 0.364 e. The van der Waals surface area contributed by atoms with E-state index in [2.05, 4.69) is 35.6 Å². The van der Waals surface area contributed by atoms with Gasteiger partial charge in [0.2, 0.25) is 0 Å². The summed E-state index contributed by atoms with van der Waals surface area (Å²) < 4.78 is 0. The van der Waals surface area contributed by atoms with Crippen LogP contribution in [0.5, 0.6) is 0 Å². The number of nitrogens with zero attached hydrogens (tertiary/aromatic N) is 4. The smallest absolute Gasteiger partial charge is 0.257 e. The molecule has 0 spiro atoms. The highest BCUT2D eigenvalue weighted by molar-refractivity contribution is 7.13. The Morgan fingerprint density at radius 2 is 1.70 bits per heavy atom. The monoisotopic (exact) mass is 509 g/mol. The van der Waals surface area contributed by atoms with Crippen LogP contribution in [0.15, 0.2) is 83.4 Å². The van der Waals surface area contributed by atoms with E-state index in [1.54, 1.807) is 31.6 Å². The molecule has 10 heteroatoms. The fourth-order valence-electron chi connectivity index (χ4n) is 3.69. The first-order valence-electron chi connectivity index (χ1n) is 11.5. The summed E-state index contributed by atoms with van der Waals surface area (Å²) in [6.45, 7) is 2.53. The van der Waals surface area contributed by atoms with Gasteiger partial charge in [0.1, 0.15) is 10.8 Å². The van der Waals surface area contributed by atoms with E-state index in [9.17, 15) is 9.59 Å². The molecule has 1 amide bonds. The first-order chi connectivity index (χ1) is 18.1. The van der Waals surface area contributed by atoms with E-state index in [4.69, 9.17) is 0 Å². The Morgan fingerprint density at radius 1 is 0.946 bits per heavy atom. The molecule has 0 saturated carbocycles. The van der Waals surface area contributed by atoms with E-state index >= 15 is 0 Å². The average Bonchev–Trinajstić information content (AvgIpc) is 3.42. The second-order valence-electron chi connectivity index (χ2n) is 8.20. The summed E-state index contributed by atoms with van der Waals surface area (Å²) >= 11 is 1.41. The lowest BCUT2D eigenvalue weighted by molar-refractivity contribution is 0.0949. The molecule has 0 atom stereocenters. The molecule has 0 aliphatic heterocycles. The molecular weight excluding hydrogens is 486 g/mol. The van der Waals surface area contributed by atoms with E-state index < -0.39 is 0 Å². The zero-order valence-electron chi connectivity index (χ0n) is 19.9. The van der Waals surface area contributed by atoms with Crippen molar-refractivity contribution < 1.29 is 4.79 Å². The fourth-order valence-corrected chi connectivity index (χ4v) is 4.51. The zero-order valence-corrected chi connectivity index (χ0v) is 20.7. The Kier molecular flexibility index (Phi) is 7.09. The van der Waals surface area contributed by atoms with E-state index in [1.165, 1.54) is 11.3 Å². The molecule has 0 fully saturated rings. The summed E-state index contributed by atoms with van der Waals surface area (Å²) in [6.07, 6.45) is 5.13. The van der Waals surface area contributed by atoms with Crippen LogP contribution in [0, 0.1) is 6.92 Å². The van der Waals surface area contributed by atoms with Crippen molar-refractivity contribution in [3.05, 3.63) is 112 Å². The van der Waals surface area contributed by atoms with Crippen molar-refractivity contribution in [2.75, 3.05) is 5.32 Å². The maximum absolute atomic E-state index is 12.9. The van der Waals surface area contributed by atoms with Gasteiger partial charge in [0.05, 0.1) is 41.3 Å². The maximum atomic E-state index is 12.9. The third-order valence-electron chi connectivity index (χ3n) is 5.60. The maximum Gasteiger partial charge on any atom is 0.257 e. The number of H-pyrrole nitrogens is 1. The third-order valence-corrected chi connectivity index (χ3v) is 6.49. The van der Waals surface area contributed by atoms with Crippen molar-refractivity contribution in [1.82, 2.24) is 30.2 Å². The lowest BCUT2D eigenvalue weighted by Crippen LogP contribution is -2.26. The zero-order chi connectivity index (χ0) is 25.6. The number of hydrogen-bond acceptors (Lipinski definition) is 8. The second kappa shape index (κ2) is 10.9. The van der Waals surface area contributed by atoms with Crippen LogP contribution in [0.2, 0.25) is 0 Å². The van der Waals surface area contributed by atoms with Gasteiger partial charge >= 0.3 is 0 Å². The summed E-state index contributed by atoms with van der Waals surface area (Å²) in [5, 5.41) is 8.67. The number of carbonyl (C=O) groups is 1. The quantitative estimate of drug-likeness (QED) is 0.286. The normalized spacial score (nSPS) is 10.7. The number of nitrogens with one attached hydrogen (secondary N) is 3. The van der Waals surface area contributed by atoms with Crippen LogP contribution in [0.3, 0.4) is 0 Å². The van der Waals surface area contributed by atoms with E-state index in [0.29, 0.717) is 34.9 Å². The van der Waals surface area contributed by atoms with Gasteiger partial charge < -0.3 is 15.6 Å². The number of aryl methyl sites for hydroxylation is 1. The Hall–Kier alpha value is -4.70. The molecule has 5 rings (SSSR count). The van der Waals surface area contributed by atoms with Crippen molar-refractivity contribution in [2.24, 2.45) is 0 Å². The van der Waals surface area contributed by atoms with Gasteiger partial charge in [-0.1, -0.05) is 12.1 Å². The lowest BCUT2D eigenvalue weighted by atomic mass is 10.1. The van der Waals surface area contributed by atoms with Gasteiger partial charge in [0, 0.05) is 35.2 Å². The Labute approximate surface area is 216 Å². The summed E-state index contributed by atoms with van der Waals surface area (Å²) in [7, 11) is 0. The molecule has 0 aliphatic rings. The number of carbonyl (C=O) groups excluding carboxylic acids is 1. The van der Waals surface area contributed by atoms with Gasteiger partial charge in [-0.25, -0.2) is 9.97 Å². The molecular formula is C27H23N7O2S. The first-order valence-corrected chi connectivity index (χ1v) is 12.4. The topological polar surface area (TPSA) is 126 Å². The number of aromatic nitrogens is 5. The molecule has 37 heavy (non-hydrogen) atoms. The fraction of sp³-hybridized carbons (Fsp3) is 0.111. The van der Waals surface area contributed by atoms with E-state index in [1.807, 2.05) is 53.9 Å². The van der Waals surface area contributed by atoms with Gasteiger partial charge in [0.15, 0.2) is 0 Å². The lowest BCUT2D eigenvalue weighted by Gasteiger charge is -2.09. The van der Waals surface area contributed by atoms with Crippen LogP contribution in [0.4, 0.5) is 5.82 Å². The second-order valence-corrected chi connectivity index (χ2v) is 9.05. The number of hydrogen-bond donors (Lipinski definition) is 3. The van der Waals surface area contributed by atoms with Gasteiger partial charge in [-0.15, -0.1) is 11.3 Å². The average molecular weight is 510 g/mol. The van der Waals surface area contributed by atoms with Gasteiger partial charge in [0.25, 0.3) is 11.5 Å². The molecule has 9 nitrogen and oxygen atoms in total. The Bertz CT molecular complexity index is 1580. The van der Waals surface area contributed by atoms with Crippen LogP contribution >= 0.6 is 11.3 Å². The summed E-state index contributed by atoms with van der Waals surface area (Å²) in [5.41, 5.74) is 3.91. The van der Waals surface area contributed by atoms with Crippen molar-refractivity contribution >= 4 is 23.1 Å². The SMILES string of the molecule is Cc1[nH]c(=O)c(-c2csc(-c3ccnc(NCc4ccccn4)c3)n2)cc1C(=O)NCc1ccccn1. The summed E-state index contributed by atoms with van der Waals surface area (Å²) in [6, 6.07) is 16.6. The predicted molar refractivity (Wildman–Crippen MR) is 143 cm³/mol. The van der Waals surface area contributed by atoms with Crippen molar-refractivity contribution in [3.63, 3.8) is 0 Å². The molecule has 0 bridgehead atoms. The highest BCUT2D eigenvalue weighted by Crippen LogP contribution is 2.29. The highest BCUT2D eigenvalue weighted by Gasteiger charge is 2.17. The predicted octanol–water partition coefficient (Wildman–Crippen LogP) is 4.20. The van der Waals surface area contributed by atoms with Crippen LogP contribution in [0.1, 0.15) is 27.4 Å². The first kappa shape index (κ1) is 24.0. The van der Waals surface area contributed by atoms with Crippen LogP contribution in [0.25, 0.3) is 21.8 Å². The minimum Gasteiger partial charge on any atom is -0.364 e. The number of amides is 1. The molecule has 5 heterocycles. The van der Waals surface area contributed by atoms with Crippen molar-refractivity contribution in [1.29, 1.82) is 0 Å². The molecule has 5 aromatic rings. The number of aromatic amines is 1. The Morgan fingerprint density at radius 3 is 2.43 bits per heavy atom. The van der Waals surface area contributed by atoms with Crippen molar-refractivity contribution in [2.45, 2.75) is 20.0 Å². The molecule has 0 saturated heterocycles. The number of rotatable bonds is 8. The summed E-state index contributed by atoms with van der Waals surface area (Å²) in [4.78, 5) is 46.0. The molecule has 5 aromatic heterocycles. The molecule has 0 aromatic carbocycles. The molecule has 184 valence electrons. The molecule has 0 unspecified atom stereocenters. The molecule has 3 N–H and O–H groups in total. The molecule has 0 aliphatic carbocycles. The summed E-state index contributed by atoms with van der Waals surface area (Å²) in [5.74, 6) is 0.397. The minimum atomic E-state index is -0.303. The number of thiazole rings is 1. The van der Waals surface area contributed by atoms with E-state index in [-0.39, 0.29) is 18.0 Å². The van der Waals surface area contributed by atoms with Crippen LogP contribution in [-0.2, 0) is 13.1 Å². The standard InChI is InChI=1S/C27H23N7O2S/c1-17-21(25(35)32-15-20-7-3-5-10-29-20)13-22(26(36)33-17)23-16-37-27(34-23)18-8-11-30-24(12-18)31-14-19-6-2-4-9-28-19/h2-13,16H,14-15H2,1H3,(H,30,31)(H,32,35)(H,33,36). The molecule has 0 radical (unpaired) electrons. The number of anilines is 1. The van der Waals surface area contributed by atoms with Gasteiger partial charge in [-0.3, -0.25) is 19.6 Å². The third kappa shape index (κ3) is 5.76. The van der Waals surface area contributed by atoms with Crippen LogP contribution < -0.4 is 16.2 Å². The Balaban J connectivity index is 1.34. The van der Waals surface area contributed by atoms with Crippen molar-refractivity contribution in [3.8, 4) is 21.8 Å². The minimum absolute atomic E-state index is 0.285. The van der Waals surface area contributed by atoms with Gasteiger partial charge in [-0.2, -0.15) is 0 Å². The van der Waals surface area contributed by atoms with Gasteiger partial charge in [-0.05, 0) is 49.4 Å².